The van der Waals surface area contributed by atoms with Gasteiger partial charge in [-0.25, -0.2) is 4.98 Å². The first-order valence-corrected chi connectivity index (χ1v) is 5.87. The molecule has 1 fully saturated rings. The maximum Gasteiger partial charge on any atom is 0.217 e. The molecule has 0 spiro atoms. The fourth-order valence-corrected chi connectivity index (χ4v) is 1.63. The maximum absolute atomic E-state index is 8.63. The predicted octanol–water partition coefficient (Wildman–Crippen LogP) is 1.88. The summed E-state index contributed by atoms with van der Waals surface area (Å²) in [5, 5.41) is 8.63. The third-order valence-corrected chi connectivity index (χ3v) is 2.59. The fraction of sp³-hybridized carbons (Fsp3) is 0.600. The molecule has 1 aliphatic rings. The monoisotopic (exact) mass is 272 g/mol. The van der Waals surface area contributed by atoms with Crippen molar-refractivity contribution < 1.29 is 9.84 Å². The van der Waals surface area contributed by atoms with Crippen molar-refractivity contribution in [1.82, 2.24) is 9.97 Å². The smallest absolute Gasteiger partial charge is 0.217 e. The normalized spacial score (nSPS) is 15.3. The van der Waals surface area contributed by atoms with Gasteiger partial charge in [-0.3, -0.25) is 0 Å². The number of aromatic nitrogens is 2. The fourth-order valence-electron chi connectivity index (χ4n) is 1.25. The summed E-state index contributed by atoms with van der Waals surface area (Å²) < 4.78 is 6.17. The summed E-state index contributed by atoms with van der Waals surface area (Å²) in [4.78, 5) is 8.62. The Labute approximate surface area is 96.8 Å². The summed E-state index contributed by atoms with van der Waals surface area (Å²) in [6, 6.07) is 1.75. The van der Waals surface area contributed by atoms with Gasteiger partial charge in [0.2, 0.25) is 5.88 Å². The summed E-state index contributed by atoms with van der Waals surface area (Å²) in [6.07, 6.45) is 2.97. The molecule has 0 saturated heterocycles. The minimum Gasteiger partial charge on any atom is -0.477 e. The van der Waals surface area contributed by atoms with Crippen LogP contribution < -0.4 is 4.74 Å². The highest BCUT2D eigenvalue weighted by molar-refractivity contribution is 9.10. The SMILES string of the molecule is OCCCOc1cc(Br)nc(C2CC2)n1. The first kappa shape index (κ1) is 10.8. The van der Waals surface area contributed by atoms with Crippen molar-refractivity contribution in [2.24, 2.45) is 0 Å². The molecule has 4 nitrogen and oxygen atoms in total. The number of aliphatic hydroxyl groups excluding tert-OH is 1. The number of hydrogen-bond acceptors (Lipinski definition) is 4. The van der Waals surface area contributed by atoms with Crippen LogP contribution in [0, 0.1) is 0 Å². The molecule has 1 N–H and O–H groups in total. The Morgan fingerprint density at radius 2 is 2.27 bits per heavy atom. The van der Waals surface area contributed by atoms with Gasteiger partial charge in [-0.15, -0.1) is 0 Å². The zero-order chi connectivity index (χ0) is 10.7. The molecule has 1 aromatic heterocycles. The second-order valence-electron chi connectivity index (χ2n) is 3.59. The molecule has 0 bridgehead atoms. The van der Waals surface area contributed by atoms with Crippen LogP contribution in [0.15, 0.2) is 10.7 Å². The van der Waals surface area contributed by atoms with Crippen molar-refractivity contribution in [3.05, 3.63) is 16.5 Å². The summed E-state index contributed by atoms with van der Waals surface area (Å²) in [5.74, 6) is 1.97. The first-order valence-electron chi connectivity index (χ1n) is 5.07. The Morgan fingerprint density at radius 1 is 1.47 bits per heavy atom. The summed E-state index contributed by atoms with van der Waals surface area (Å²) in [6.45, 7) is 0.631. The van der Waals surface area contributed by atoms with E-state index >= 15 is 0 Å². The molecule has 1 aliphatic carbocycles. The van der Waals surface area contributed by atoms with E-state index in [2.05, 4.69) is 25.9 Å². The molecule has 15 heavy (non-hydrogen) atoms. The lowest BCUT2D eigenvalue weighted by molar-refractivity contribution is 0.228. The summed E-state index contributed by atoms with van der Waals surface area (Å²) >= 11 is 3.34. The second-order valence-corrected chi connectivity index (χ2v) is 4.40. The summed E-state index contributed by atoms with van der Waals surface area (Å²) in [7, 11) is 0. The maximum atomic E-state index is 8.63. The average Bonchev–Trinajstić information content (AvgIpc) is 3.00. The van der Waals surface area contributed by atoms with Crippen LogP contribution in [0.1, 0.15) is 31.0 Å². The molecule has 5 heteroatoms. The van der Waals surface area contributed by atoms with Gasteiger partial charge in [0.1, 0.15) is 10.4 Å². The van der Waals surface area contributed by atoms with E-state index in [-0.39, 0.29) is 6.61 Å². The Balaban J connectivity index is 2.02. The molecule has 82 valence electrons. The lowest BCUT2D eigenvalue weighted by Gasteiger charge is -2.06. The zero-order valence-electron chi connectivity index (χ0n) is 8.32. The zero-order valence-corrected chi connectivity index (χ0v) is 9.90. The van der Waals surface area contributed by atoms with Crippen LogP contribution in [0.25, 0.3) is 0 Å². The number of hydrogen-bond donors (Lipinski definition) is 1. The van der Waals surface area contributed by atoms with E-state index in [4.69, 9.17) is 9.84 Å². The van der Waals surface area contributed by atoms with Crippen LogP contribution in [0.3, 0.4) is 0 Å². The highest BCUT2D eigenvalue weighted by atomic mass is 79.9. The molecule has 1 heterocycles. The lowest BCUT2D eigenvalue weighted by atomic mass is 10.4. The van der Waals surface area contributed by atoms with E-state index in [0.717, 1.165) is 10.4 Å². The number of halogens is 1. The van der Waals surface area contributed by atoms with Crippen molar-refractivity contribution in [2.75, 3.05) is 13.2 Å². The van der Waals surface area contributed by atoms with Gasteiger partial charge in [0.25, 0.3) is 0 Å². The highest BCUT2D eigenvalue weighted by Crippen LogP contribution is 2.38. The minimum absolute atomic E-state index is 0.141. The topological polar surface area (TPSA) is 55.2 Å². The largest absolute Gasteiger partial charge is 0.477 e. The van der Waals surface area contributed by atoms with Crippen molar-refractivity contribution in [2.45, 2.75) is 25.2 Å². The molecule has 0 aliphatic heterocycles. The summed E-state index contributed by atoms with van der Waals surface area (Å²) in [5.41, 5.74) is 0. The van der Waals surface area contributed by atoms with E-state index in [1.807, 2.05) is 0 Å². The van der Waals surface area contributed by atoms with Crippen LogP contribution in [-0.4, -0.2) is 28.3 Å². The molecular formula is C10H13BrN2O2. The molecule has 0 unspecified atom stereocenters. The van der Waals surface area contributed by atoms with Crippen LogP contribution in [0.2, 0.25) is 0 Å². The molecule has 1 aromatic rings. The van der Waals surface area contributed by atoms with Gasteiger partial charge in [-0.05, 0) is 28.8 Å². The third kappa shape index (κ3) is 3.14. The van der Waals surface area contributed by atoms with Gasteiger partial charge >= 0.3 is 0 Å². The van der Waals surface area contributed by atoms with Crippen LogP contribution in [-0.2, 0) is 0 Å². The van der Waals surface area contributed by atoms with Crippen molar-refractivity contribution >= 4 is 15.9 Å². The number of rotatable bonds is 5. The molecule has 0 aromatic carbocycles. The Morgan fingerprint density at radius 3 is 2.93 bits per heavy atom. The molecule has 1 saturated carbocycles. The van der Waals surface area contributed by atoms with Gasteiger partial charge in [-0.1, -0.05) is 0 Å². The Kier molecular flexibility index (Phi) is 3.53. The number of nitrogens with zero attached hydrogens (tertiary/aromatic N) is 2. The minimum atomic E-state index is 0.141. The van der Waals surface area contributed by atoms with Crippen molar-refractivity contribution in [3.63, 3.8) is 0 Å². The lowest BCUT2D eigenvalue weighted by Crippen LogP contribution is -2.03. The molecule has 0 radical (unpaired) electrons. The molecule has 0 atom stereocenters. The van der Waals surface area contributed by atoms with Crippen LogP contribution in [0.4, 0.5) is 0 Å². The van der Waals surface area contributed by atoms with E-state index in [0.29, 0.717) is 24.8 Å². The van der Waals surface area contributed by atoms with Gasteiger partial charge < -0.3 is 9.84 Å². The van der Waals surface area contributed by atoms with Crippen LogP contribution >= 0.6 is 15.9 Å². The van der Waals surface area contributed by atoms with E-state index in [1.165, 1.54) is 12.8 Å². The second kappa shape index (κ2) is 4.90. The van der Waals surface area contributed by atoms with E-state index in [1.54, 1.807) is 6.07 Å². The van der Waals surface area contributed by atoms with Crippen molar-refractivity contribution in [3.8, 4) is 5.88 Å². The standard InChI is InChI=1S/C10H13BrN2O2/c11-8-6-9(15-5-1-4-14)13-10(12-8)7-2-3-7/h6-7,14H,1-5H2. The van der Waals surface area contributed by atoms with Gasteiger partial charge in [-0.2, -0.15) is 4.98 Å². The van der Waals surface area contributed by atoms with E-state index in [9.17, 15) is 0 Å². The van der Waals surface area contributed by atoms with E-state index < -0.39 is 0 Å². The van der Waals surface area contributed by atoms with Gasteiger partial charge in [0, 0.05) is 25.0 Å². The quantitative estimate of drug-likeness (QED) is 0.657. The Hall–Kier alpha value is -0.680. The molecule has 2 rings (SSSR count). The first-order chi connectivity index (χ1) is 7.29. The van der Waals surface area contributed by atoms with Crippen molar-refractivity contribution in [1.29, 1.82) is 0 Å². The number of aliphatic hydroxyl groups is 1. The predicted molar refractivity (Wildman–Crippen MR) is 58.9 cm³/mol. The molecular weight excluding hydrogens is 260 g/mol. The van der Waals surface area contributed by atoms with Gasteiger partial charge in [0.15, 0.2) is 0 Å². The third-order valence-electron chi connectivity index (χ3n) is 2.18. The highest BCUT2D eigenvalue weighted by Gasteiger charge is 2.27. The average molecular weight is 273 g/mol. The molecule has 0 amide bonds. The van der Waals surface area contributed by atoms with Crippen LogP contribution in [0.5, 0.6) is 5.88 Å². The number of ether oxygens (including phenoxy) is 1. The Bertz CT molecular complexity index is 342. The van der Waals surface area contributed by atoms with Gasteiger partial charge in [0.05, 0.1) is 6.61 Å².